The molecule has 0 saturated carbocycles. The molecule has 0 bridgehead atoms. The van der Waals surface area contributed by atoms with E-state index in [4.69, 9.17) is 9.47 Å². The molecule has 0 fully saturated rings. The van der Waals surface area contributed by atoms with Crippen molar-refractivity contribution in [1.29, 1.82) is 0 Å². The number of aromatic nitrogens is 1. The van der Waals surface area contributed by atoms with Gasteiger partial charge >= 0.3 is 0 Å². The van der Waals surface area contributed by atoms with Crippen molar-refractivity contribution < 1.29 is 9.47 Å². The molecule has 0 amide bonds. The van der Waals surface area contributed by atoms with E-state index in [1.54, 1.807) is 24.6 Å². The predicted molar refractivity (Wildman–Crippen MR) is 76.9 cm³/mol. The van der Waals surface area contributed by atoms with Crippen LogP contribution in [0.2, 0.25) is 0 Å². The van der Waals surface area contributed by atoms with Crippen LogP contribution in [0.4, 0.5) is 0 Å². The molecule has 0 aliphatic carbocycles. The number of nitrogens with one attached hydrogen (secondary N) is 1. The van der Waals surface area contributed by atoms with Crippen LogP contribution in [0.3, 0.4) is 0 Å². The second-order valence-corrected chi connectivity index (χ2v) is 5.11. The Labute approximate surface area is 117 Å². The van der Waals surface area contributed by atoms with E-state index in [-0.39, 0.29) is 6.04 Å². The molecule has 2 rings (SSSR count). The van der Waals surface area contributed by atoms with E-state index in [0.717, 1.165) is 16.5 Å². The Balaban J connectivity index is 2.11. The van der Waals surface area contributed by atoms with Gasteiger partial charge in [-0.3, -0.25) is 0 Å². The lowest BCUT2D eigenvalue weighted by Gasteiger charge is -2.15. The molecule has 1 atom stereocenters. The Bertz CT molecular complexity index is 514. The highest BCUT2D eigenvalue weighted by molar-refractivity contribution is 7.09. The lowest BCUT2D eigenvalue weighted by molar-refractivity contribution is 0.283. The molecule has 0 aliphatic heterocycles. The second-order valence-electron chi connectivity index (χ2n) is 4.14. The van der Waals surface area contributed by atoms with Crippen LogP contribution in [0.5, 0.6) is 11.5 Å². The van der Waals surface area contributed by atoms with Gasteiger partial charge in [0.2, 0.25) is 0 Å². The van der Waals surface area contributed by atoms with Crippen LogP contribution in [0.15, 0.2) is 29.8 Å². The summed E-state index contributed by atoms with van der Waals surface area (Å²) in [6.45, 7) is 2.57. The van der Waals surface area contributed by atoms with Crippen LogP contribution < -0.4 is 14.8 Å². The van der Waals surface area contributed by atoms with Crippen molar-refractivity contribution in [1.82, 2.24) is 10.3 Å². The van der Waals surface area contributed by atoms with Gasteiger partial charge in [0.05, 0.1) is 7.11 Å². The first-order chi connectivity index (χ1) is 9.24. The van der Waals surface area contributed by atoms with Gasteiger partial charge in [0.15, 0.2) is 11.5 Å². The maximum Gasteiger partial charge on any atom is 0.161 e. The molecular formula is C14H18N2O2S. The summed E-state index contributed by atoms with van der Waals surface area (Å²) >= 11 is 1.58. The van der Waals surface area contributed by atoms with Gasteiger partial charge in [-0.1, -0.05) is 6.07 Å². The molecule has 1 unspecified atom stereocenters. The first kappa shape index (κ1) is 13.8. The summed E-state index contributed by atoms with van der Waals surface area (Å²) in [5.41, 5.74) is 1.17. The zero-order valence-corrected chi connectivity index (χ0v) is 12.2. The Kier molecular flexibility index (Phi) is 4.76. The van der Waals surface area contributed by atoms with Crippen molar-refractivity contribution in [3.8, 4) is 11.5 Å². The summed E-state index contributed by atoms with van der Waals surface area (Å²) in [7, 11) is 3.59. The minimum Gasteiger partial charge on any atom is -0.493 e. The third-order valence-electron chi connectivity index (χ3n) is 2.96. The molecule has 0 saturated heterocycles. The zero-order valence-electron chi connectivity index (χ0n) is 11.3. The van der Waals surface area contributed by atoms with Crippen LogP contribution in [0, 0.1) is 0 Å². The van der Waals surface area contributed by atoms with Crippen molar-refractivity contribution in [2.24, 2.45) is 0 Å². The van der Waals surface area contributed by atoms with Gasteiger partial charge in [-0.25, -0.2) is 4.98 Å². The van der Waals surface area contributed by atoms with Crippen LogP contribution in [0.1, 0.15) is 23.5 Å². The molecular weight excluding hydrogens is 260 g/mol. The fourth-order valence-corrected chi connectivity index (χ4v) is 2.23. The molecule has 0 spiro atoms. The quantitative estimate of drug-likeness (QED) is 0.882. The Morgan fingerprint density at radius 2 is 2.21 bits per heavy atom. The number of hydrogen-bond acceptors (Lipinski definition) is 5. The summed E-state index contributed by atoms with van der Waals surface area (Å²) in [5, 5.41) is 6.09. The largest absolute Gasteiger partial charge is 0.493 e. The fourth-order valence-electron chi connectivity index (χ4n) is 1.70. The molecule has 5 heteroatoms. The number of methoxy groups -OCH3 is 1. The first-order valence-electron chi connectivity index (χ1n) is 6.11. The number of rotatable bonds is 6. The van der Waals surface area contributed by atoms with Gasteiger partial charge in [0.25, 0.3) is 0 Å². The van der Waals surface area contributed by atoms with Crippen molar-refractivity contribution in [2.75, 3.05) is 14.2 Å². The maximum atomic E-state index is 5.74. The molecule has 1 heterocycles. The molecule has 4 nitrogen and oxygen atoms in total. The van der Waals surface area contributed by atoms with Gasteiger partial charge in [0.1, 0.15) is 11.6 Å². The highest BCUT2D eigenvalue weighted by Gasteiger charge is 2.10. The number of hydrogen-bond donors (Lipinski definition) is 1. The Morgan fingerprint density at radius 3 is 2.84 bits per heavy atom. The second kappa shape index (κ2) is 6.54. The molecule has 1 aromatic carbocycles. The van der Waals surface area contributed by atoms with E-state index in [9.17, 15) is 0 Å². The van der Waals surface area contributed by atoms with Gasteiger partial charge in [0, 0.05) is 17.6 Å². The van der Waals surface area contributed by atoms with Crippen LogP contribution in [-0.4, -0.2) is 19.1 Å². The molecule has 2 aromatic rings. The van der Waals surface area contributed by atoms with E-state index in [1.807, 2.05) is 30.6 Å². The van der Waals surface area contributed by atoms with Crippen molar-refractivity contribution in [3.05, 3.63) is 40.3 Å². The molecule has 1 N–H and O–H groups in total. The Hall–Kier alpha value is -1.59. The van der Waals surface area contributed by atoms with Crippen molar-refractivity contribution in [3.63, 3.8) is 0 Å². The minimum absolute atomic E-state index is 0.280. The predicted octanol–water partition coefficient (Wildman–Crippen LogP) is 3.01. The van der Waals surface area contributed by atoms with Gasteiger partial charge in [-0.15, -0.1) is 11.3 Å². The average molecular weight is 278 g/mol. The van der Waals surface area contributed by atoms with Crippen LogP contribution >= 0.6 is 11.3 Å². The average Bonchev–Trinajstić information content (AvgIpc) is 2.97. The molecule has 1 aromatic heterocycles. The third-order valence-corrected chi connectivity index (χ3v) is 3.71. The lowest BCUT2D eigenvalue weighted by atomic mass is 10.1. The zero-order chi connectivity index (χ0) is 13.7. The summed E-state index contributed by atoms with van der Waals surface area (Å²) in [5.74, 6) is 1.49. The Morgan fingerprint density at radius 1 is 1.37 bits per heavy atom. The number of thiazole rings is 1. The van der Waals surface area contributed by atoms with E-state index in [1.165, 1.54) is 5.56 Å². The van der Waals surface area contributed by atoms with E-state index >= 15 is 0 Å². The standard InChI is InChI=1S/C14H18N2O2S/c1-10(15-2)11-4-5-12(13(8-11)17-3)18-9-14-16-6-7-19-14/h4-8,10,15H,9H2,1-3H3. The summed E-state index contributed by atoms with van der Waals surface area (Å²) in [4.78, 5) is 4.19. The topological polar surface area (TPSA) is 43.4 Å². The van der Waals surface area contributed by atoms with Crippen molar-refractivity contribution in [2.45, 2.75) is 19.6 Å². The normalized spacial score (nSPS) is 12.2. The summed E-state index contributed by atoms with van der Waals surface area (Å²) in [6.07, 6.45) is 1.78. The molecule has 19 heavy (non-hydrogen) atoms. The van der Waals surface area contributed by atoms with Gasteiger partial charge in [-0.05, 0) is 31.7 Å². The smallest absolute Gasteiger partial charge is 0.161 e. The lowest BCUT2D eigenvalue weighted by Crippen LogP contribution is -2.12. The van der Waals surface area contributed by atoms with Crippen LogP contribution in [0.25, 0.3) is 0 Å². The van der Waals surface area contributed by atoms with E-state index in [2.05, 4.69) is 17.2 Å². The highest BCUT2D eigenvalue weighted by Crippen LogP contribution is 2.30. The monoisotopic (exact) mass is 278 g/mol. The fraction of sp³-hybridized carbons (Fsp3) is 0.357. The van der Waals surface area contributed by atoms with Gasteiger partial charge < -0.3 is 14.8 Å². The van der Waals surface area contributed by atoms with Gasteiger partial charge in [-0.2, -0.15) is 0 Å². The third kappa shape index (κ3) is 3.45. The molecule has 0 aliphatic rings. The number of ether oxygens (including phenoxy) is 2. The maximum absolute atomic E-state index is 5.74. The molecule has 0 radical (unpaired) electrons. The SMILES string of the molecule is CNC(C)c1ccc(OCc2nccs2)c(OC)c1. The minimum atomic E-state index is 0.280. The number of nitrogens with zero attached hydrogens (tertiary/aromatic N) is 1. The van der Waals surface area contributed by atoms with Crippen LogP contribution in [-0.2, 0) is 6.61 Å². The highest BCUT2D eigenvalue weighted by atomic mass is 32.1. The molecule has 102 valence electrons. The van der Waals surface area contributed by atoms with E-state index in [0.29, 0.717) is 6.61 Å². The van der Waals surface area contributed by atoms with E-state index < -0.39 is 0 Å². The first-order valence-corrected chi connectivity index (χ1v) is 6.99. The summed E-state index contributed by atoms with van der Waals surface area (Å²) < 4.78 is 11.1. The van der Waals surface area contributed by atoms with Crippen molar-refractivity contribution >= 4 is 11.3 Å². The summed E-state index contributed by atoms with van der Waals surface area (Å²) in [6, 6.07) is 6.26. The number of benzene rings is 1.